The van der Waals surface area contributed by atoms with Crippen molar-refractivity contribution in [1.29, 1.82) is 0 Å². The van der Waals surface area contributed by atoms with Crippen LogP contribution in [0.2, 0.25) is 0 Å². The van der Waals surface area contributed by atoms with Gasteiger partial charge in [0, 0.05) is 31.6 Å². The van der Waals surface area contributed by atoms with E-state index in [2.05, 4.69) is 5.32 Å². The molecule has 2 atom stereocenters. The van der Waals surface area contributed by atoms with Crippen LogP contribution >= 0.6 is 0 Å². The third kappa shape index (κ3) is 4.78. The maximum absolute atomic E-state index is 12.7. The van der Waals surface area contributed by atoms with Gasteiger partial charge in [-0.1, -0.05) is 19.3 Å². The van der Waals surface area contributed by atoms with Crippen LogP contribution in [-0.2, 0) is 9.59 Å². The van der Waals surface area contributed by atoms with E-state index in [9.17, 15) is 19.6 Å². The molecule has 0 aromatic rings. The van der Waals surface area contributed by atoms with Gasteiger partial charge in [0.25, 0.3) is 0 Å². The molecule has 26 heavy (non-hydrogen) atoms. The molecular weight excluding hydrogens is 333 g/mol. The maximum atomic E-state index is 12.7. The van der Waals surface area contributed by atoms with Crippen molar-refractivity contribution in [2.75, 3.05) is 26.2 Å². The van der Waals surface area contributed by atoms with Crippen molar-refractivity contribution in [1.82, 2.24) is 15.1 Å². The number of carbonyl (C=O) groups excluding carboxylic acids is 2. The fourth-order valence-electron chi connectivity index (χ4n) is 4.70. The minimum absolute atomic E-state index is 0.0867. The van der Waals surface area contributed by atoms with Gasteiger partial charge in [-0.05, 0) is 38.5 Å². The van der Waals surface area contributed by atoms with Crippen LogP contribution in [0.1, 0.15) is 57.8 Å². The zero-order valence-corrected chi connectivity index (χ0v) is 15.6. The Balaban J connectivity index is 1.46. The van der Waals surface area contributed by atoms with Crippen molar-refractivity contribution in [3.63, 3.8) is 0 Å². The number of hydrogen-bond donors (Lipinski definition) is 3. The number of carbonyl (C=O) groups is 2. The summed E-state index contributed by atoms with van der Waals surface area (Å²) in [5, 5.41) is 22.1. The third-order valence-corrected chi connectivity index (χ3v) is 6.19. The number of nitrogens with zero attached hydrogens (tertiary/aromatic N) is 2. The van der Waals surface area contributed by atoms with E-state index in [0.29, 0.717) is 25.4 Å². The third-order valence-electron chi connectivity index (χ3n) is 6.19. The van der Waals surface area contributed by atoms with Crippen LogP contribution in [0.4, 0.5) is 0 Å². The van der Waals surface area contributed by atoms with E-state index >= 15 is 0 Å². The summed E-state index contributed by atoms with van der Waals surface area (Å²) in [6, 6.07) is 0.139. The molecule has 3 rings (SSSR count). The number of hydrogen-bond acceptors (Lipinski definition) is 5. The van der Waals surface area contributed by atoms with Crippen LogP contribution in [0.5, 0.6) is 0 Å². The van der Waals surface area contributed by atoms with Gasteiger partial charge in [-0.15, -0.1) is 0 Å². The van der Waals surface area contributed by atoms with Crippen LogP contribution in [0.3, 0.4) is 0 Å². The van der Waals surface area contributed by atoms with Crippen LogP contribution in [0.15, 0.2) is 0 Å². The predicted molar refractivity (Wildman–Crippen MR) is 99.1 cm³/mol. The first-order valence-corrected chi connectivity index (χ1v) is 10.2. The summed E-state index contributed by atoms with van der Waals surface area (Å²) in [5.41, 5.74) is 0. The van der Waals surface area contributed by atoms with Crippen molar-refractivity contribution >= 4 is 18.9 Å². The Bertz CT molecular complexity index is 499. The van der Waals surface area contributed by atoms with Crippen molar-refractivity contribution in [2.24, 2.45) is 5.92 Å². The second-order valence-corrected chi connectivity index (χ2v) is 8.05. The summed E-state index contributed by atoms with van der Waals surface area (Å²) in [6.07, 6.45) is 8.98. The Morgan fingerprint density at radius 1 is 0.962 bits per heavy atom. The molecule has 2 aliphatic heterocycles. The van der Waals surface area contributed by atoms with Crippen LogP contribution in [0.25, 0.3) is 0 Å². The summed E-state index contributed by atoms with van der Waals surface area (Å²) < 4.78 is 0. The van der Waals surface area contributed by atoms with Crippen LogP contribution < -0.4 is 5.32 Å². The monoisotopic (exact) mass is 365 g/mol. The van der Waals surface area contributed by atoms with E-state index in [1.54, 1.807) is 4.90 Å². The van der Waals surface area contributed by atoms with Gasteiger partial charge >= 0.3 is 7.12 Å². The molecule has 2 saturated heterocycles. The van der Waals surface area contributed by atoms with Gasteiger partial charge in [0.1, 0.15) is 0 Å². The highest BCUT2D eigenvalue weighted by atomic mass is 16.4. The predicted octanol–water partition coefficient (Wildman–Crippen LogP) is 0.150. The Labute approximate surface area is 156 Å². The molecule has 0 bridgehead atoms. The highest BCUT2D eigenvalue weighted by Crippen LogP contribution is 2.26. The van der Waals surface area contributed by atoms with Crippen molar-refractivity contribution in [2.45, 2.75) is 69.8 Å². The highest BCUT2D eigenvalue weighted by molar-refractivity contribution is 6.43. The summed E-state index contributed by atoms with van der Waals surface area (Å²) >= 11 is 0. The van der Waals surface area contributed by atoms with E-state index < -0.39 is 13.1 Å². The van der Waals surface area contributed by atoms with E-state index in [1.165, 1.54) is 6.42 Å². The molecular formula is C18H32BN3O4. The molecule has 3 fully saturated rings. The van der Waals surface area contributed by atoms with E-state index in [1.807, 2.05) is 4.90 Å². The normalized spacial score (nSPS) is 27.6. The zero-order chi connectivity index (χ0) is 18.5. The molecule has 2 amide bonds. The minimum atomic E-state index is -1.47. The smallest absolute Gasteiger partial charge is 0.426 e. The fourth-order valence-corrected chi connectivity index (χ4v) is 4.70. The summed E-state index contributed by atoms with van der Waals surface area (Å²) in [5.74, 6) is -0.0811. The second-order valence-electron chi connectivity index (χ2n) is 8.05. The van der Waals surface area contributed by atoms with Crippen LogP contribution in [0, 0.1) is 5.92 Å². The second kappa shape index (κ2) is 9.19. The molecule has 0 unspecified atom stereocenters. The molecule has 1 saturated carbocycles. The summed E-state index contributed by atoms with van der Waals surface area (Å²) in [7, 11) is -1.47. The SMILES string of the molecule is O=C(C1CCCCC1)N1CCC[C@H](NCC(=O)N2CCC[C@H]2B(O)O)C1. The molecule has 0 aromatic carbocycles. The van der Waals surface area contributed by atoms with Gasteiger partial charge in [-0.3, -0.25) is 9.59 Å². The standard InChI is InChI=1S/C18H32BN3O4/c23-17(22-11-5-9-16(22)19(25)26)12-20-15-8-4-10-21(13-15)18(24)14-6-2-1-3-7-14/h14-16,20,25-26H,1-13H2/t15-,16-/m0/s1. The molecule has 1 aliphatic carbocycles. The first-order chi connectivity index (χ1) is 12.6. The molecule has 0 spiro atoms. The van der Waals surface area contributed by atoms with Crippen molar-refractivity contribution in [3.05, 3.63) is 0 Å². The van der Waals surface area contributed by atoms with Gasteiger partial charge in [0.15, 0.2) is 0 Å². The van der Waals surface area contributed by atoms with E-state index in [-0.39, 0.29) is 24.4 Å². The molecule has 7 nitrogen and oxygen atoms in total. The lowest BCUT2D eigenvalue weighted by Gasteiger charge is -2.36. The Morgan fingerprint density at radius 3 is 2.42 bits per heavy atom. The van der Waals surface area contributed by atoms with Crippen molar-refractivity contribution in [3.8, 4) is 0 Å². The lowest BCUT2D eigenvalue weighted by atomic mass is 9.78. The molecule has 146 valence electrons. The number of nitrogens with one attached hydrogen (secondary N) is 1. The number of amides is 2. The lowest BCUT2D eigenvalue weighted by molar-refractivity contribution is -0.138. The van der Waals surface area contributed by atoms with Gasteiger partial charge in [0.05, 0.1) is 12.5 Å². The average molecular weight is 365 g/mol. The van der Waals surface area contributed by atoms with Gasteiger partial charge in [0.2, 0.25) is 11.8 Å². The lowest BCUT2D eigenvalue weighted by Crippen LogP contribution is -2.53. The zero-order valence-electron chi connectivity index (χ0n) is 15.6. The van der Waals surface area contributed by atoms with Crippen LogP contribution in [-0.4, -0.2) is 76.9 Å². The summed E-state index contributed by atoms with van der Waals surface area (Å²) in [6.45, 7) is 2.28. The van der Waals surface area contributed by atoms with Gasteiger partial charge in [-0.2, -0.15) is 0 Å². The van der Waals surface area contributed by atoms with Gasteiger partial charge < -0.3 is 25.2 Å². The maximum Gasteiger partial charge on any atom is 0.475 e. The number of piperidine rings is 1. The molecule has 3 aliphatic rings. The fraction of sp³-hybridized carbons (Fsp3) is 0.889. The quantitative estimate of drug-likeness (QED) is 0.603. The Morgan fingerprint density at radius 2 is 1.69 bits per heavy atom. The molecule has 0 aromatic heterocycles. The van der Waals surface area contributed by atoms with E-state index in [4.69, 9.17) is 0 Å². The molecule has 2 heterocycles. The molecule has 0 radical (unpaired) electrons. The van der Waals surface area contributed by atoms with Crippen molar-refractivity contribution < 1.29 is 19.6 Å². The average Bonchev–Trinajstić information content (AvgIpc) is 3.17. The van der Waals surface area contributed by atoms with E-state index in [0.717, 1.165) is 51.5 Å². The molecule has 8 heteroatoms. The van der Waals surface area contributed by atoms with Gasteiger partial charge in [-0.25, -0.2) is 0 Å². The summed E-state index contributed by atoms with van der Waals surface area (Å²) in [4.78, 5) is 28.7. The largest absolute Gasteiger partial charge is 0.475 e. The minimum Gasteiger partial charge on any atom is -0.426 e. The number of rotatable bonds is 5. The Hall–Kier alpha value is -1.12. The topological polar surface area (TPSA) is 93.1 Å². The first kappa shape index (κ1) is 19.6. The Kier molecular flexibility index (Phi) is 6.95. The first-order valence-electron chi connectivity index (χ1n) is 10.2. The number of likely N-dealkylation sites (tertiary alicyclic amines) is 2. The molecule has 3 N–H and O–H groups in total. The highest BCUT2D eigenvalue weighted by Gasteiger charge is 2.37.